The molecule has 1 N–H and O–H groups in total. The van der Waals surface area contributed by atoms with Crippen LogP contribution in [0.15, 0.2) is 71.1 Å². The van der Waals surface area contributed by atoms with Gasteiger partial charge in [-0.3, -0.25) is 4.79 Å². The lowest BCUT2D eigenvalue weighted by molar-refractivity contribution is 0.102. The summed E-state index contributed by atoms with van der Waals surface area (Å²) in [6.45, 7) is 4.31. The lowest BCUT2D eigenvalue weighted by Crippen LogP contribution is -2.14. The predicted octanol–water partition coefficient (Wildman–Crippen LogP) is 5.45. The SMILES string of the molecule is CCOc1ccccc1NC(=O)c1cc(-c2ccc(C)o2)nc2ccccc12. The number of nitrogens with zero attached hydrogens (tertiary/aromatic N) is 1. The van der Waals surface area contributed by atoms with Crippen LogP contribution in [0.1, 0.15) is 23.0 Å². The Kier molecular flexibility index (Phi) is 4.81. The first-order chi connectivity index (χ1) is 13.7. The molecule has 0 atom stereocenters. The van der Waals surface area contributed by atoms with E-state index < -0.39 is 0 Å². The van der Waals surface area contributed by atoms with E-state index >= 15 is 0 Å². The molecule has 1 amide bonds. The van der Waals surface area contributed by atoms with Crippen LogP contribution < -0.4 is 10.1 Å². The molecule has 0 bridgehead atoms. The molecule has 140 valence electrons. The van der Waals surface area contributed by atoms with Crippen LogP contribution in [0.4, 0.5) is 5.69 Å². The van der Waals surface area contributed by atoms with E-state index in [0.717, 1.165) is 16.7 Å². The first-order valence-corrected chi connectivity index (χ1v) is 9.15. The van der Waals surface area contributed by atoms with E-state index in [9.17, 15) is 4.79 Å². The third kappa shape index (κ3) is 3.47. The molecule has 4 aromatic rings. The number of hydrogen-bond donors (Lipinski definition) is 1. The van der Waals surface area contributed by atoms with Crippen LogP contribution in [0.25, 0.3) is 22.4 Å². The molecule has 2 heterocycles. The Morgan fingerprint density at radius 2 is 1.86 bits per heavy atom. The molecule has 0 spiro atoms. The highest BCUT2D eigenvalue weighted by atomic mass is 16.5. The molecule has 0 aliphatic heterocycles. The van der Waals surface area contributed by atoms with Crippen molar-refractivity contribution in [2.24, 2.45) is 0 Å². The number of aromatic nitrogens is 1. The normalized spacial score (nSPS) is 10.8. The van der Waals surface area contributed by atoms with Gasteiger partial charge in [0.15, 0.2) is 5.76 Å². The molecule has 0 radical (unpaired) electrons. The van der Waals surface area contributed by atoms with Gasteiger partial charge in [-0.05, 0) is 50.2 Å². The second-order valence-corrected chi connectivity index (χ2v) is 6.37. The molecule has 0 unspecified atom stereocenters. The van der Waals surface area contributed by atoms with Gasteiger partial charge in [0, 0.05) is 5.39 Å². The second-order valence-electron chi connectivity index (χ2n) is 6.37. The number of hydrogen-bond acceptors (Lipinski definition) is 4. The van der Waals surface area contributed by atoms with Crippen molar-refractivity contribution in [1.82, 2.24) is 4.98 Å². The summed E-state index contributed by atoms with van der Waals surface area (Å²) in [6.07, 6.45) is 0. The number of pyridine rings is 1. The van der Waals surface area contributed by atoms with E-state index in [1.165, 1.54) is 0 Å². The van der Waals surface area contributed by atoms with Gasteiger partial charge in [0.25, 0.3) is 5.91 Å². The summed E-state index contributed by atoms with van der Waals surface area (Å²) in [4.78, 5) is 17.8. The number of benzene rings is 2. The highest BCUT2D eigenvalue weighted by molar-refractivity contribution is 6.13. The lowest BCUT2D eigenvalue weighted by atomic mass is 10.1. The molecule has 0 aliphatic carbocycles. The summed E-state index contributed by atoms with van der Waals surface area (Å²) in [6, 6.07) is 20.5. The van der Waals surface area contributed by atoms with E-state index in [4.69, 9.17) is 9.15 Å². The number of furan rings is 1. The third-order valence-electron chi connectivity index (χ3n) is 4.39. The number of rotatable bonds is 5. The minimum Gasteiger partial charge on any atom is -0.492 e. The Morgan fingerprint density at radius 1 is 1.07 bits per heavy atom. The largest absolute Gasteiger partial charge is 0.492 e. The van der Waals surface area contributed by atoms with Gasteiger partial charge in [-0.15, -0.1) is 0 Å². The average Bonchev–Trinajstić information content (AvgIpc) is 3.15. The number of carbonyl (C=O) groups is 1. The molecule has 2 aromatic heterocycles. The number of para-hydroxylation sites is 3. The molecule has 5 nitrogen and oxygen atoms in total. The van der Waals surface area contributed by atoms with Crippen molar-refractivity contribution in [3.05, 3.63) is 78.1 Å². The Bertz CT molecular complexity index is 1150. The molecule has 28 heavy (non-hydrogen) atoms. The van der Waals surface area contributed by atoms with E-state index in [1.54, 1.807) is 6.07 Å². The summed E-state index contributed by atoms with van der Waals surface area (Å²) >= 11 is 0. The number of fused-ring (bicyclic) bond motifs is 1. The zero-order valence-corrected chi connectivity index (χ0v) is 15.7. The maximum Gasteiger partial charge on any atom is 0.256 e. The quantitative estimate of drug-likeness (QED) is 0.506. The van der Waals surface area contributed by atoms with Gasteiger partial charge in [-0.2, -0.15) is 0 Å². The van der Waals surface area contributed by atoms with Gasteiger partial charge in [0.05, 0.1) is 23.4 Å². The van der Waals surface area contributed by atoms with Crippen LogP contribution in [-0.2, 0) is 0 Å². The van der Waals surface area contributed by atoms with Gasteiger partial charge in [0.1, 0.15) is 17.2 Å². The smallest absolute Gasteiger partial charge is 0.256 e. The Labute approximate surface area is 163 Å². The van der Waals surface area contributed by atoms with E-state index in [2.05, 4.69) is 10.3 Å². The first-order valence-electron chi connectivity index (χ1n) is 9.15. The molecule has 5 heteroatoms. The monoisotopic (exact) mass is 372 g/mol. The number of amides is 1. The highest BCUT2D eigenvalue weighted by Crippen LogP contribution is 2.29. The van der Waals surface area contributed by atoms with Crippen molar-refractivity contribution in [3.8, 4) is 17.2 Å². The van der Waals surface area contributed by atoms with Crippen molar-refractivity contribution in [2.75, 3.05) is 11.9 Å². The number of nitrogens with one attached hydrogen (secondary N) is 1. The lowest BCUT2D eigenvalue weighted by Gasteiger charge is -2.13. The van der Waals surface area contributed by atoms with Crippen LogP contribution in [0.2, 0.25) is 0 Å². The second kappa shape index (κ2) is 7.56. The summed E-state index contributed by atoms with van der Waals surface area (Å²) < 4.78 is 11.3. The molecular formula is C23H20N2O3. The number of anilines is 1. The van der Waals surface area contributed by atoms with Crippen molar-refractivity contribution in [3.63, 3.8) is 0 Å². The van der Waals surface area contributed by atoms with Crippen molar-refractivity contribution in [2.45, 2.75) is 13.8 Å². The Balaban J connectivity index is 1.78. The van der Waals surface area contributed by atoms with Crippen LogP contribution in [0.5, 0.6) is 5.75 Å². The number of ether oxygens (including phenoxy) is 1. The Morgan fingerprint density at radius 3 is 2.64 bits per heavy atom. The van der Waals surface area contributed by atoms with Gasteiger partial charge in [-0.25, -0.2) is 4.98 Å². The summed E-state index contributed by atoms with van der Waals surface area (Å²) in [5, 5.41) is 3.74. The van der Waals surface area contributed by atoms with Crippen LogP contribution in [-0.4, -0.2) is 17.5 Å². The average molecular weight is 372 g/mol. The molecule has 0 aliphatic rings. The predicted molar refractivity (Wildman–Crippen MR) is 110 cm³/mol. The molecule has 2 aromatic carbocycles. The molecule has 0 saturated heterocycles. The van der Waals surface area contributed by atoms with Crippen LogP contribution in [0, 0.1) is 6.92 Å². The van der Waals surface area contributed by atoms with Crippen molar-refractivity contribution >= 4 is 22.5 Å². The third-order valence-corrected chi connectivity index (χ3v) is 4.39. The minimum atomic E-state index is -0.227. The fourth-order valence-corrected chi connectivity index (χ4v) is 3.10. The fourth-order valence-electron chi connectivity index (χ4n) is 3.10. The zero-order valence-electron chi connectivity index (χ0n) is 15.7. The van der Waals surface area contributed by atoms with Gasteiger partial charge < -0.3 is 14.5 Å². The maximum atomic E-state index is 13.1. The summed E-state index contributed by atoms with van der Waals surface area (Å²) in [5.41, 5.74) is 2.51. The molecule has 0 fully saturated rings. The highest BCUT2D eigenvalue weighted by Gasteiger charge is 2.16. The molecular weight excluding hydrogens is 352 g/mol. The number of carbonyl (C=O) groups excluding carboxylic acids is 1. The van der Waals surface area contributed by atoms with E-state index in [1.807, 2.05) is 74.5 Å². The molecule has 4 rings (SSSR count). The van der Waals surface area contributed by atoms with E-state index in [-0.39, 0.29) is 5.91 Å². The van der Waals surface area contributed by atoms with Gasteiger partial charge in [0.2, 0.25) is 0 Å². The Hall–Kier alpha value is -3.60. The van der Waals surface area contributed by atoms with Gasteiger partial charge in [-0.1, -0.05) is 30.3 Å². The van der Waals surface area contributed by atoms with Crippen LogP contribution in [0.3, 0.4) is 0 Å². The van der Waals surface area contributed by atoms with Crippen molar-refractivity contribution < 1.29 is 13.9 Å². The minimum absolute atomic E-state index is 0.227. The fraction of sp³-hybridized carbons (Fsp3) is 0.130. The van der Waals surface area contributed by atoms with Gasteiger partial charge >= 0.3 is 0 Å². The molecule has 0 saturated carbocycles. The number of aryl methyl sites for hydroxylation is 1. The summed E-state index contributed by atoms with van der Waals surface area (Å²) in [5.74, 6) is 1.84. The maximum absolute atomic E-state index is 13.1. The van der Waals surface area contributed by atoms with Crippen LogP contribution >= 0.6 is 0 Å². The summed E-state index contributed by atoms with van der Waals surface area (Å²) in [7, 11) is 0. The zero-order chi connectivity index (χ0) is 19.5. The first kappa shape index (κ1) is 17.8. The van der Waals surface area contributed by atoms with E-state index in [0.29, 0.717) is 35.1 Å². The standard InChI is InChI=1S/C23H20N2O3/c1-3-27-21-11-7-6-10-19(21)25-23(26)17-14-20(22-13-12-15(2)28-22)24-18-9-5-4-8-16(17)18/h4-14H,3H2,1-2H3,(H,25,26). The topological polar surface area (TPSA) is 64.4 Å². The van der Waals surface area contributed by atoms with Crippen molar-refractivity contribution in [1.29, 1.82) is 0 Å².